The molecule has 2 aliphatic heterocycles. The highest BCUT2D eigenvalue weighted by atomic mass is 16.5. The summed E-state index contributed by atoms with van der Waals surface area (Å²) in [7, 11) is 0. The second kappa shape index (κ2) is 6.98. The summed E-state index contributed by atoms with van der Waals surface area (Å²) in [5, 5.41) is 0. The molecule has 2 aliphatic rings. The lowest BCUT2D eigenvalue weighted by Crippen LogP contribution is -2.53. The van der Waals surface area contributed by atoms with Crippen molar-refractivity contribution in [1.82, 2.24) is 9.88 Å². The molecule has 2 aromatic rings. The van der Waals surface area contributed by atoms with Gasteiger partial charge in [-0.2, -0.15) is 0 Å². The fourth-order valence-electron chi connectivity index (χ4n) is 3.88. The molecule has 1 fully saturated rings. The zero-order valence-electron chi connectivity index (χ0n) is 15.4. The van der Waals surface area contributed by atoms with Crippen LogP contribution in [0.2, 0.25) is 0 Å². The summed E-state index contributed by atoms with van der Waals surface area (Å²) in [5.74, 6) is 0.986. The van der Waals surface area contributed by atoms with Crippen LogP contribution in [0.1, 0.15) is 23.4 Å². The molecule has 3 heterocycles. The quantitative estimate of drug-likeness (QED) is 0.835. The first-order valence-electron chi connectivity index (χ1n) is 9.34. The van der Waals surface area contributed by atoms with Gasteiger partial charge in [-0.3, -0.25) is 9.78 Å². The average molecular weight is 351 g/mol. The Kier molecular flexibility index (Phi) is 4.53. The maximum Gasteiger partial charge on any atom is 0.263 e. The molecule has 0 spiro atoms. The number of carbonyl (C=O) groups is 1. The highest BCUT2D eigenvalue weighted by Crippen LogP contribution is 2.28. The van der Waals surface area contributed by atoms with Crippen molar-refractivity contribution in [3.8, 4) is 5.75 Å². The van der Waals surface area contributed by atoms with Gasteiger partial charge in [0.1, 0.15) is 5.75 Å². The summed E-state index contributed by atoms with van der Waals surface area (Å²) in [4.78, 5) is 21.6. The van der Waals surface area contributed by atoms with Crippen LogP contribution in [0.15, 0.2) is 36.4 Å². The molecular weight excluding hydrogens is 326 g/mol. The first-order chi connectivity index (χ1) is 12.6. The molecule has 1 aromatic carbocycles. The summed E-state index contributed by atoms with van der Waals surface area (Å²) in [6.07, 6.45) is 1.32. The number of hydrogen-bond donors (Lipinski definition) is 0. The van der Waals surface area contributed by atoms with E-state index in [1.807, 2.05) is 36.9 Å². The highest BCUT2D eigenvalue weighted by Gasteiger charge is 2.31. The molecule has 1 saturated heterocycles. The van der Waals surface area contributed by atoms with Crippen LogP contribution in [-0.2, 0) is 11.2 Å². The molecule has 1 aromatic heterocycles. The minimum atomic E-state index is -0.345. The van der Waals surface area contributed by atoms with E-state index in [1.54, 1.807) is 0 Å². The molecule has 26 heavy (non-hydrogen) atoms. The van der Waals surface area contributed by atoms with Crippen LogP contribution in [0, 0.1) is 13.8 Å². The Morgan fingerprint density at radius 3 is 2.50 bits per heavy atom. The summed E-state index contributed by atoms with van der Waals surface area (Å²) in [6.45, 7) is 7.21. The van der Waals surface area contributed by atoms with E-state index < -0.39 is 0 Å². The predicted octanol–water partition coefficient (Wildman–Crippen LogP) is 2.74. The van der Waals surface area contributed by atoms with E-state index in [9.17, 15) is 4.79 Å². The van der Waals surface area contributed by atoms with Crippen LogP contribution < -0.4 is 9.64 Å². The molecule has 4 rings (SSSR count). The standard InChI is InChI=1S/C21H25N3O2/c1-15-13-18(14-16(2)22-15)23-9-11-24(12-10-23)21(25)20-8-7-17-5-3-4-6-19(17)26-20/h3-6,13-14,20H,7-12H2,1-2H3/t20-/m1/s1. The van der Waals surface area contributed by atoms with E-state index in [0.717, 1.165) is 56.2 Å². The molecule has 1 amide bonds. The molecule has 0 unspecified atom stereocenters. The number of aryl methyl sites for hydroxylation is 3. The van der Waals surface area contributed by atoms with Crippen LogP contribution >= 0.6 is 0 Å². The fraction of sp³-hybridized carbons (Fsp3) is 0.429. The topological polar surface area (TPSA) is 45.7 Å². The van der Waals surface area contributed by atoms with Gasteiger partial charge in [0, 0.05) is 43.3 Å². The van der Waals surface area contributed by atoms with Gasteiger partial charge in [-0.25, -0.2) is 0 Å². The number of anilines is 1. The molecule has 1 atom stereocenters. The Labute approximate surface area is 154 Å². The second-order valence-corrected chi connectivity index (χ2v) is 7.17. The van der Waals surface area contributed by atoms with Crippen LogP contribution in [0.5, 0.6) is 5.75 Å². The highest BCUT2D eigenvalue weighted by molar-refractivity contribution is 5.82. The third kappa shape index (κ3) is 3.39. The van der Waals surface area contributed by atoms with Crippen molar-refractivity contribution < 1.29 is 9.53 Å². The maximum absolute atomic E-state index is 12.9. The van der Waals surface area contributed by atoms with Gasteiger partial charge >= 0.3 is 0 Å². The van der Waals surface area contributed by atoms with Crippen molar-refractivity contribution in [2.24, 2.45) is 0 Å². The smallest absolute Gasteiger partial charge is 0.263 e. The number of piperazine rings is 1. The van der Waals surface area contributed by atoms with Gasteiger partial charge in [0.2, 0.25) is 0 Å². The average Bonchev–Trinajstić information content (AvgIpc) is 2.66. The molecule has 5 nitrogen and oxygen atoms in total. The second-order valence-electron chi connectivity index (χ2n) is 7.17. The normalized spacial score (nSPS) is 19.7. The van der Waals surface area contributed by atoms with Gasteiger partial charge in [0.05, 0.1) is 0 Å². The van der Waals surface area contributed by atoms with Crippen molar-refractivity contribution >= 4 is 11.6 Å². The summed E-state index contributed by atoms with van der Waals surface area (Å²) in [5.41, 5.74) is 4.47. The van der Waals surface area contributed by atoms with E-state index in [4.69, 9.17) is 4.74 Å². The Morgan fingerprint density at radius 1 is 1.08 bits per heavy atom. The Balaban J connectivity index is 1.38. The summed E-state index contributed by atoms with van der Waals surface area (Å²) in [6, 6.07) is 12.3. The predicted molar refractivity (Wildman–Crippen MR) is 102 cm³/mol. The van der Waals surface area contributed by atoms with Crippen molar-refractivity contribution in [3.05, 3.63) is 53.3 Å². The molecule has 5 heteroatoms. The van der Waals surface area contributed by atoms with Crippen molar-refractivity contribution in [2.75, 3.05) is 31.1 Å². The molecule has 0 radical (unpaired) electrons. The number of rotatable bonds is 2. The van der Waals surface area contributed by atoms with E-state index >= 15 is 0 Å². The maximum atomic E-state index is 12.9. The van der Waals surface area contributed by atoms with Crippen molar-refractivity contribution in [3.63, 3.8) is 0 Å². The van der Waals surface area contributed by atoms with Gasteiger partial charge in [0.25, 0.3) is 5.91 Å². The number of benzene rings is 1. The van der Waals surface area contributed by atoms with E-state index in [1.165, 1.54) is 11.3 Å². The fourth-order valence-corrected chi connectivity index (χ4v) is 3.88. The SMILES string of the molecule is Cc1cc(N2CCN(C(=O)[C@H]3CCc4ccccc4O3)CC2)cc(C)n1. The number of amides is 1. The van der Waals surface area contributed by atoms with Gasteiger partial charge in [-0.15, -0.1) is 0 Å². The van der Waals surface area contributed by atoms with Crippen molar-refractivity contribution in [1.29, 1.82) is 0 Å². The number of aromatic nitrogens is 1. The third-order valence-corrected chi connectivity index (χ3v) is 5.22. The van der Waals surface area contributed by atoms with Gasteiger partial charge < -0.3 is 14.5 Å². The van der Waals surface area contributed by atoms with Gasteiger partial charge in [0.15, 0.2) is 6.10 Å². The van der Waals surface area contributed by atoms with Crippen molar-refractivity contribution in [2.45, 2.75) is 32.8 Å². The minimum Gasteiger partial charge on any atom is -0.480 e. The zero-order chi connectivity index (χ0) is 18.1. The molecule has 0 saturated carbocycles. The number of carbonyl (C=O) groups excluding carboxylic acids is 1. The lowest BCUT2D eigenvalue weighted by Gasteiger charge is -2.38. The van der Waals surface area contributed by atoms with Crippen LogP contribution in [0.25, 0.3) is 0 Å². The van der Waals surface area contributed by atoms with E-state index in [2.05, 4.69) is 28.1 Å². The number of nitrogens with zero attached hydrogens (tertiary/aromatic N) is 3. The van der Waals surface area contributed by atoms with Crippen LogP contribution in [0.3, 0.4) is 0 Å². The Bertz CT molecular complexity index is 792. The Hall–Kier alpha value is -2.56. The van der Waals surface area contributed by atoms with Crippen LogP contribution in [0.4, 0.5) is 5.69 Å². The lowest BCUT2D eigenvalue weighted by atomic mass is 10.0. The monoisotopic (exact) mass is 351 g/mol. The number of pyridine rings is 1. The molecule has 0 bridgehead atoms. The first-order valence-corrected chi connectivity index (χ1v) is 9.34. The summed E-state index contributed by atoms with van der Waals surface area (Å²) >= 11 is 0. The molecular formula is C21H25N3O2. The van der Waals surface area contributed by atoms with Gasteiger partial charge in [-0.1, -0.05) is 18.2 Å². The lowest BCUT2D eigenvalue weighted by molar-refractivity contribution is -0.139. The van der Waals surface area contributed by atoms with E-state index in [0.29, 0.717) is 0 Å². The van der Waals surface area contributed by atoms with Crippen LogP contribution in [-0.4, -0.2) is 48.1 Å². The zero-order valence-corrected chi connectivity index (χ0v) is 15.4. The minimum absolute atomic E-state index is 0.126. The Morgan fingerprint density at radius 2 is 1.77 bits per heavy atom. The first kappa shape index (κ1) is 16.9. The molecule has 0 N–H and O–H groups in total. The molecule has 0 aliphatic carbocycles. The number of fused-ring (bicyclic) bond motifs is 1. The third-order valence-electron chi connectivity index (χ3n) is 5.22. The number of hydrogen-bond acceptors (Lipinski definition) is 4. The largest absolute Gasteiger partial charge is 0.480 e. The number of ether oxygens (including phenoxy) is 1. The molecule has 136 valence electrons. The van der Waals surface area contributed by atoms with Gasteiger partial charge in [-0.05, 0) is 50.5 Å². The number of para-hydroxylation sites is 1. The summed E-state index contributed by atoms with van der Waals surface area (Å²) < 4.78 is 5.98. The van der Waals surface area contributed by atoms with E-state index in [-0.39, 0.29) is 12.0 Å².